The number of nitrogens with zero attached hydrogens (tertiary/aromatic N) is 1. The number of halogens is 2. The summed E-state index contributed by atoms with van der Waals surface area (Å²) in [6.45, 7) is 8.82. The smallest absolute Gasteiger partial charge is 0.201 e. The SMILES string of the molecule is C=CCOc1ccc(-c2ccc3cc(C=CCCCC(C)OCCCCC)ccc3n2)c(F)c1F. The molecule has 0 saturated carbocycles. The molecular formula is C30H35F2NO2. The van der Waals surface area contributed by atoms with Crippen molar-refractivity contribution in [2.45, 2.75) is 58.5 Å². The van der Waals surface area contributed by atoms with Gasteiger partial charge in [-0.3, -0.25) is 0 Å². The lowest BCUT2D eigenvalue weighted by molar-refractivity contribution is 0.0566. The number of pyridine rings is 1. The van der Waals surface area contributed by atoms with E-state index in [1.54, 1.807) is 6.07 Å². The van der Waals surface area contributed by atoms with Gasteiger partial charge in [0.15, 0.2) is 11.6 Å². The summed E-state index contributed by atoms with van der Waals surface area (Å²) in [5, 5.41) is 0.941. The van der Waals surface area contributed by atoms with Gasteiger partial charge in [-0.1, -0.05) is 56.7 Å². The number of aromatic nitrogens is 1. The summed E-state index contributed by atoms with van der Waals surface area (Å²) in [6.07, 6.45) is 12.8. The third-order valence-electron chi connectivity index (χ3n) is 5.83. The Hall–Kier alpha value is -3.05. The van der Waals surface area contributed by atoms with E-state index in [0.29, 0.717) is 11.8 Å². The molecular weight excluding hydrogens is 444 g/mol. The molecule has 3 rings (SSSR count). The molecule has 0 amide bonds. The van der Waals surface area contributed by atoms with Gasteiger partial charge in [-0.15, -0.1) is 0 Å². The van der Waals surface area contributed by atoms with Crippen molar-refractivity contribution in [3.8, 4) is 17.0 Å². The van der Waals surface area contributed by atoms with Crippen LogP contribution in [0.15, 0.2) is 61.2 Å². The lowest BCUT2D eigenvalue weighted by atomic mass is 10.1. The second kappa shape index (κ2) is 13.7. The van der Waals surface area contributed by atoms with Gasteiger partial charge in [-0.05, 0) is 68.5 Å². The molecule has 5 heteroatoms. The Morgan fingerprint density at radius 1 is 1.03 bits per heavy atom. The summed E-state index contributed by atoms with van der Waals surface area (Å²) >= 11 is 0. The van der Waals surface area contributed by atoms with Crippen LogP contribution in [0.2, 0.25) is 0 Å². The third-order valence-corrected chi connectivity index (χ3v) is 5.83. The first kappa shape index (κ1) is 26.6. The zero-order chi connectivity index (χ0) is 25.0. The van der Waals surface area contributed by atoms with Crippen molar-refractivity contribution in [1.29, 1.82) is 0 Å². The fourth-order valence-corrected chi connectivity index (χ4v) is 3.85. The van der Waals surface area contributed by atoms with E-state index in [-0.39, 0.29) is 17.9 Å². The van der Waals surface area contributed by atoms with Crippen LogP contribution >= 0.6 is 0 Å². The lowest BCUT2D eigenvalue weighted by Crippen LogP contribution is -2.08. The van der Waals surface area contributed by atoms with E-state index < -0.39 is 11.6 Å². The van der Waals surface area contributed by atoms with Crippen molar-refractivity contribution < 1.29 is 18.3 Å². The van der Waals surface area contributed by atoms with Gasteiger partial charge in [0.2, 0.25) is 5.82 Å². The van der Waals surface area contributed by atoms with E-state index in [1.165, 1.54) is 31.1 Å². The first-order valence-corrected chi connectivity index (χ1v) is 12.4. The zero-order valence-corrected chi connectivity index (χ0v) is 20.7. The highest BCUT2D eigenvalue weighted by molar-refractivity contribution is 5.84. The molecule has 2 aromatic carbocycles. The van der Waals surface area contributed by atoms with Gasteiger partial charge in [0, 0.05) is 17.6 Å². The van der Waals surface area contributed by atoms with Crippen LogP contribution in [0.4, 0.5) is 8.78 Å². The molecule has 0 N–H and O–H groups in total. The number of hydrogen-bond donors (Lipinski definition) is 0. The first-order valence-electron chi connectivity index (χ1n) is 12.4. The molecule has 0 aliphatic carbocycles. The fourth-order valence-electron chi connectivity index (χ4n) is 3.85. The molecule has 35 heavy (non-hydrogen) atoms. The number of ether oxygens (including phenoxy) is 2. The second-order valence-corrected chi connectivity index (χ2v) is 8.71. The molecule has 1 unspecified atom stereocenters. The Kier molecular flexibility index (Phi) is 10.4. The monoisotopic (exact) mass is 479 g/mol. The molecule has 186 valence electrons. The van der Waals surface area contributed by atoms with E-state index >= 15 is 0 Å². The molecule has 0 radical (unpaired) electrons. The summed E-state index contributed by atoms with van der Waals surface area (Å²) in [7, 11) is 0. The van der Waals surface area contributed by atoms with Crippen LogP contribution in [0, 0.1) is 11.6 Å². The molecule has 3 aromatic rings. The first-order chi connectivity index (χ1) is 17.0. The van der Waals surface area contributed by atoms with Crippen molar-refractivity contribution in [3.63, 3.8) is 0 Å². The predicted molar refractivity (Wildman–Crippen MR) is 141 cm³/mol. The van der Waals surface area contributed by atoms with E-state index in [4.69, 9.17) is 9.47 Å². The Morgan fingerprint density at radius 2 is 1.89 bits per heavy atom. The average molecular weight is 480 g/mol. The number of unbranched alkanes of at least 4 members (excludes halogenated alkanes) is 3. The highest BCUT2D eigenvalue weighted by atomic mass is 19.2. The van der Waals surface area contributed by atoms with Crippen LogP contribution in [0.5, 0.6) is 5.75 Å². The zero-order valence-electron chi connectivity index (χ0n) is 20.7. The summed E-state index contributed by atoms with van der Waals surface area (Å²) in [5.41, 5.74) is 2.28. The highest BCUT2D eigenvalue weighted by Gasteiger charge is 2.16. The number of hydrogen-bond acceptors (Lipinski definition) is 3. The van der Waals surface area contributed by atoms with Crippen molar-refractivity contribution in [1.82, 2.24) is 4.98 Å². The molecule has 1 heterocycles. The minimum absolute atomic E-state index is 0.0999. The van der Waals surface area contributed by atoms with Gasteiger partial charge in [0.1, 0.15) is 6.61 Å². The predicted octanol–water partition coefficient (Wildman–Crippen LogP) is 8.52. The van der Waals surface area contributed by atoms with Crippen LogP contribution in [-0.4, -0.2) is 24.3 Å². The molecule has 1 aromatic heterocycles. The fraction of sp³-hybridized carbons (Fsp3) is 0.367. The van der Waals surface area contributed by atoms with Crippen molar-refractivity contribution in [2.24, 2.45) is 0 Å². The Morgan fingerprint density at radius 3 is 2.69 bits per heavy atom. The van der Waals surface area contributed by atoms with Gasteiger partial charge in [-0.2, -0.15) is 4.39 Å². The Balaban J connectivity index is 1.59. The maximum atomic E-state index is 14.6. The number of allylic oxidation sites excluding steroid dienone is 1. The largest absolute Gasteiger partial charge is 0.486 e. The molecule has 1 atom stereocenters. The number of rotatable bonds is 14. The van der Waals surface area contributed by atoms with E-state index in [2.05, 4.69) is 37.6 Å². The summed E-state index contributed by atoms with van der Waals surface area (Å²) in [6, 6.07) is 12.4. The standard InChI is InChI=1S/C30H35F2NO2/c1-4-6-10-20-34-22(3)11-8-7-9-12-23-13-16-26-24(21-23)14-17-27(33-26)25-15-18-28(35-19-5-2)30(32)29(25)31/h5,9,12-18,21-22H,2,4,6-8,10-11,19-20H2,1,3H3. The molecule has 0 spiro atoms. The molecule has 0 fully saturated rings. The van der Waals surface area contributed by atoms with Gasteiger partial charge < -0.3 is 9.47 Å². The van der Waals surface area contributed by atoms with Crippen LogP contribution in [0.25, 0.3) is 28.2 Å². The summed E-state index contributed by atoms with van der Waals surface area (Å²) in [4.78, 5) is 4.54. The quantitative estimate of drug-likeness (QED) is 0.171. The van der Waals surface area contributed by atoms with Gasteiger partial charge in [-0.25, -0.2) is 9.37 Å². The van der Waals surface area contributed by atoms with E-state index in [1.807, 2.05) is 24.3 Å². The summed E-state index contributed by atoms with van der Waals surface area (Å²) < 4.78 is 40.0. The highest BCUT2D eigenvalue weighted by Crippen LogP contribution is 2.30. The van der Waals surface area contributed by atoms with Crippen LogP contribution in [0.1, 0.15) is 57.9 Å². The third kappa shape index (κ3) is 7.72. The molecule has 0 saturated heterocycles. The number of benzene rings is 2. The lowest BCUT2D eigenvalue weighted by Gasteiger charge is -2.12. The molecule has 0 aliphatic heterocycles. The second-order valence-electron chi connectivity index (χ2n) is 8.71. The Bertz CT molecular complexity index is 1140. The van der Waals surface area contributed by atoms with Gasteiger partial charge in [0.25, 0.3) is 0 Å². The maximum absolute atomic E-state index is 14.6. The topological polar surface area (TPSA) is 31.4 Å². The van der Waals surface area contributed by atoms with Gasteiger partial charge in [0.05, 0.1) is 17.3 Å². The van der Waals surface area contributed by atoms with Crippen LogP contribution in [0.3, 0.4) is 0 Å². The van der Waals surface area contributed by atoms with Gasteiger partial charge >= 0.3 is 0 Å². The van der Waals surface area contributed by atoms with E-state index in [0.717, 1.165) is 48.8 Å². The van der Waals surface area contributed by atoms with E-state index in [9.17, 15) is 8.78 Å². The molecule has 3 nitrogen and oxygen atoms in total. The van der Waals surface area contributed by atoms with Crippen molar-refractivity contribution >= 4 is 17.0 Å². The molecule has 0 bridgehead atoms. The van der Waals surface area contributed by atoms with Crippen molar-refractivity contribution in [3.05, 3.63) is 78.4 Å². The van der Waals surface area contributed by atoms with Crippen LogP contribution in [-0.2, 0) is 4.74 Å². The average Bonchev–Trinajstić information content (AvgIpc) is 2.87. The maximum Gasteiger partial charge on any atom is 0.201 e. The van der Waals surface area contributed by atoms with Crippen LogP contribution < -0.4 is 4.74 Å². The summed E-state index contributed by atoms with van der Waals surface area (Å²) in [5.74, 6) is -2.14. The normalized spacial score (nSPS) is 12.3. The van der Waals surface area contributed by atoms with Crippen molar-refractivity contribution in [2.75, 3.05) is 13.2 Å². The Labute approximate surface area is 207 Å². The minimum Gasteiger partial charge on any atom is -0.486 e. The molecule has 0 aliphatic rings. The minimum atomic E-state index is -1.02. The number of fused-ring (bicyclic) bond motifs is 1.